The summed E-state index contributed by atoms with van der Waals surface area (Å²) in [5.74, 6) is 0.0980. The van der Waals surface area contributed by atoms with Gasteiger partial charge in [-0.05, 0) is 118 Å². The molecular weight excluding hydrogens is 380 g/mol. The van der Waals surface area contributed by atoms with Gasteiger partial charge in [-0.1, -0.05) is 30.3 Å². The van der Waals surface area contributed by atoms with E-state index < -0.39 is 0 Å². The van der Waals surface area contributed by atoms with Crippen LogP contribution in [-0.4, -0.2) is 11.6 Å². The summed E-state index contributed by atoms with van der Waals surface area (Å²) in [6.07, 6.45) is 0. The first-order valence-corrected chi connectivity index (χ1v) is 10.8. The highest BCUT2D eigenvalue weighted by molar-refractivity contribution is 5.97. The van der Waals surface area contributed by atoms with E-state index in [2.05, 4.69) is 52.0 Å². The minimum absolute atomic E-state index is 0.0593. The van der Waals surface area contributed by atoms with Gasteiger partial charge in [-0.25, -0.2) is 0 Å². The maximum atomic E-state index is 12.4. The van der Waals surface area contributed by atoms with Crippen molar-refractivity contribution in [1.29, 1.82) is 0 Å². The Morgan fingerprint density at radius 3 is 1.32 bits per heavy atom. The Kier molecular flexibility index (Phi) is 6.31. The van der Waals surface area contributed by atoms with Crippen LogP contribution in [0.15, 0.2) is 42.5 Å². The lowest BCUT2D eigenvalue weighted by molar-refractivity contribution is 0.100. The molecule has 0 unspecified atom stereocenters. The highest BCUT2D eigenvalue weighted by Crippen LogP contribution is 2.40. The molecule has 3 rings (SSSR count). The first kappa shape index (κ1) is 22.7. The first-order valence-electron chi connectivity index (χ1n) is 10.8. The fourth-order valence-corrected chi connectivity index (χ4v) is 4.65. The summed E-state index contributed by atoms with van der Waals surface area (Å²) in [5, 5.41) is 0. The summed E-state index contributed by atoms with van der Waals surface area (Å²) >= 11 is 0. The number of carbonyl (C=O) groups excluding carboxylic acids is 2. The lowest BCUT2D eigenvalue weighted by atomic mass is 9.76. The molecule has 0 radical (unpaired) electrons. The van der Waals surface area contributed by atoms with Crippen molar-refractivity contribution < 1.29 is 9.59 Å². The van der Waals surface area contributed by atoms with Crippen molar-refractivity contribution in [3.63, 3.8) is 0 Å². The number of Topliss-reactive ketones (excluding diaryl/α,β-unsaturated/α-hetero) is 2. The topological polar surface area (TPSA) is 34.1 Å². The van der Waals surface area contributed by atoms with Gasteiger partial charge in [0.25, 0.3) is 0 Å². The van der Waals surface area contributed by atoms with Gasteiger partial charge >= 0.3 is 0 Å². The summed E-state index contributed by atoms with van der Waals surface area (Å²) in [6.45, 7) is 15.8. The Morgan fingerprint density at radius 2 is 0.968 bits per heavy atom. The number of ketones is 2. The number of rotatable bonds is 5. The summed E-state index contributed by atoms with van der Waals surface area (Å²) < 4.78 is 0. The van der Waals surface area contributed by atoms with Gasteiger partial charge in [0.15, 0.2) is 11.6 Å². The molecule has 0 spiro atoms. The molecular formula is C29H32O2. The van der Waals surface area contributed by atoms with E-state index in [1.165, 1.54) is 11.1 Å². The molecule has 0 heterocycles. The summed E-state index contributed by atoms with van der Waals surface area (Å²) in [6, 6.07) is 14.5. The van der Waals surface area contributed by atoms with Gasteiger partial charge in [-0.2, -0.15) is 0 Å². The summed E-state index contributed by atoms with van der Waals surface area (Å²) in [4.78, 5) is 24.9. The van der Waals surface area contributed by atoms with Crippen LogP contribution in [-0.2, 0) is 0 Å². The van der Waals surface area contributed by atoms with Gasteiger partial charge < -0.3 is 0 Å². The van der Waals surface area contributed by atoms with Crippen molar-refractivity contribution in [2.45, 2.75) is 61.3 Å². The molecule has 0 amide bonds. The summed E-state index contributed by atoms with van der Waals surface area (Å²) in [7, 11) is 0. The van der Waals surface area contributed by atoms with Crippen LogP contribution in [0, 0.1) is 41.5 Å². The molecule has 2 heteroatoms. The molecule has 31 heavy (non-hydrogen) atoms. The van der Waals surface area contributed by atoms with E-state index in [1.807, 2.05) is 32.0 Å². The molecule has 0 aliphatic carbocycles. The van der Waals surface area contributed by atoms with E-state index in [0.29, 0.717) is 0 Å². The highest BCUT2D eigenvalue weighted by Gasteiger charge is 2.26. The van der Waals surface area contributed by atoms with Crippen molar-refractivity contribution in [1.82, 2.24) is 0 Å². The van der Waals surface area contributed by atoms with Crippen LogP contribution in [0.4, 0.5) is 0 Å². The Hall–Kier alpha value is -3.00. The zero-order valence-electron chi connectivity index (χ0n) is 19.9. The van der Waals surface area contributed by atoms with Crippen molar-refractivity contribution >= 4 is 11.6 Å². The molecule has 3 aromatic carbocycles. The Bertz CT molecular complexity index is 1110. The molecule has 0 bridgehead atoms. The van der Waals surface area contributed by atoms with Crippen LogP contribution in [0.5, 0.6) is 0 Å². The van der Waals surface area contributed by atoms with E-state index in [1.54, 1.807) is 13.8 Å². The molecule has 0 atom stereocenters. The van der Waals surface area contributed by atoms with Gasteiger partial charge in [-0.15, -0.1) is 0 Å². The van der Waals surface area contributed by atoms with E-state index in [0.717, 1.165) is 50.1 Å². The van der Waals surface area contributed by atoms with Crippen LogP contribution in [0.2, 0.25) is 0 Å². The van der Waals surface area contributed by atoms with Crippen molar-refractivity contribution in [3.8, 4) is 0 Å². The first-order chi connectivity index (χ1) is 14.6. The third kappa shape index (κ3) is 3.99. The fourth-order valence-electron chi connectivity index (χ4n) is 4.65. The second-order valence-corrected chi connectivity index (χ2v) is 8.73. The predicted molar refractivity (Wildman–Crippen MR) is 129 cm³/mol. The molecule has 0 fully saturated rings. The molecule has 0 saturated carbocycles. The average molecular weight is 413 g/mol. The zero-order chi connectivity index (χ0) is 23.0. The lowest BCUT2D eigenvalue weighted by Crippen LogP contribution is -2.14. The Balaban J connectivity index is 2.45. The SMILES string of the molecule is CC(=O)c1cc(C(c2ccccc2)c2cc(C(C)=O)c(C)c(C)c2C)c(C)c(C)c1C. The van der Waals surface area contributed by atoms with Crippen LogP contribution in [0.25, 0.3) is 0 Å². The Labute approximate surface area is 186 Å². The van der Waals surface area contributed by atoms with Gasteiger partial charge in [0.2, 0.25) is 0 Å². The molecule has 3 aromatic rings. The van der Waals surface area contributed by atoms with Crippen LogP contribution < -0.4 is 0 Å². The quantitative estimate of drug-likeness (QED) is 0.330. The standard InChI is InChI=1S/C29H32O2/c1-16-18(3)25(22(7)30)14-27(20(16)5)29(24-12-10-9-11-13-24)28-15-26(23(8)31)19(4)17(2)21(28)6/h9-15,29H,1-8H3. The van der Waals surface area contributed by atoms with E-state index in [-0.39, 0.29) is 17.5 Å². The summed E-state index contributed by atoms with van der Waals surface area (Å²) in [5.41, 5.74) is 11.7. The minimum atomic E-state index is -0.0593. The monoisotopic (exact) mass is 412 g/mol. The largest absolute Gasteiger partial charge is 0.295 e. The van der Waals surface area contributed by atoms with Gasteiger partial charge in [-0.3, -0.25) is 9.59 Å². The van der Waals surface area contributed by atoms with E-state index in [9.17, 15) is 9.59 Å². The maximum absolute atomic E-state index is 12.4. The van der Waals surface area contributed by atoms with Crippen molar-refractivity contribution in [2.75, 3.05) is 0 Å². The molecule has 0 aromatic heterocycles. The molecule has 0 aliphatic heterocycles. The smallest absolute Gasteiger partial charge is 0.160 e. The minimum Gasteiger partial charge on any atom is -0.295 e. The molecule has 160 valence electrons. The maximum Gasteiger partial charge on any atom is 0.160 e. The third-order valence-electron chi connectivity index (χ3n) is 7.04. The highest BCUT2D eigenvalue weighted by atomic mass is 16.1. The van der Waals surface area contributed by atoms with Gasteiger partial charge in [0.1, 0.15) is 0 Å². The molecule has 0 N–H and O–H groups in total. The number of benzene rings is 3. The predicted octanol–water partition coefficient (Wildman–Crippen LogP) is 7.12. The normalized spacial score (nSPS) is 11.1. The molecule has 0 aliphatic rings. The van der Waals surface area contributed by atoms with Crippen LogP contribution >= 0.6 is 0 Å². The second kappa shape index (κ2) is 8.63. The van der Waals surface area contributed by atoms with Gasteiger partial charge in [0.05, 0.1) is 0 Å². The third-order valence-corrected chi connectivity index (χ3v) is 7.04. The van der Waals surface area contributed by atoms with Crippen molar-refractivity contribution in [3.05, 3.63) is 104 Å². The van der Waals surface area contributed by atoms with Gasteiger partial charge in [0, 0.05) is 17.0 Å². The number of carbonyl (C=O) groups is 2. The molecule has 0 saturated heterocycles. The molecule has 2 nitrogen and oxygen atoms in total. The Morgan fingerprint density at radius 1 is 0.581 bits per heavy atom. The zero-order valence-corrected chi connectivity index (χ0v) is 19.9. The van der Waals surface area contributed by atoms with E-state index >= 15 is 0 Å². The number of hydrogen-bond acceptors (Lipinski definition) is 2. The lowest BCUT2D eigenvalue weighted by Gasteiger charge is -2.27. The number of hydrogen-bond donors (Lipinski definition) is 0. The van der Waals surface area contributed by atoms with Crippen LogP contribution in [0.1, 0.15) is 90.6 Å². The average Bonchev–Trinajstić information content (AvgIpc) is 2.73. The van der Waals surface area contributed by atoms with Crippen LogP contribution in [0.3, 0.4) is 0 Å². The van der Waals surface area contributed by atoms with E-state index in [4.69, 9.17) is 0 Å². The van der Waals surface area contributed by atoms with Crippen molar-refractivity contribution in [2.24, 2.45) is 0 Å². The fraction of sp³-hybridized carbons (Fsp3) is 0.310. The second-order valence-electron chi connectivity index (χ2n) is 8.73.